The predicted octanol–water partition coefficient (Wildman–Crippen LogP) is 2.79. The van der Waals surface area contributed by atoms with Gasteiger partial charge in [-0.15, -0.1) is 0 Å². The average Bonchev–Trinajstić information content (AvgIpc) is 2.34. The summed E-state index contributed by atoms with van der Waals surface area (Å²) < 4.78 is 1.91. The van der Waals surface area contributed by atoms with Crippen LogP contribution in [0.3, 0.4) is 0 Å². The van der Waals surface area contributed by atoms with Crippen molar-refractivity contribution in [3.05, 3.63) is 46.2 Å². The lowest BCUT2D eigenvalue weighted by Crippen LogP contribution is -2.38. The molecule has 0 unspecified atom stereocenters. The van der Waals surface area contributed by atoms with Crippen LogP contribution in [0.4, 0.5) is 0 Å². The van der Waals surface area contributed by atoms with Crippen molar-refractivity contribution in [2.75, 3.05) is 0 Å². The van der Waals surface area contributed by atoms with Gasteiger partial charge in [0.25, 0.3) is 5.56 Å². The molecule has 1 fully saturated rings. The zero-order valence-electron chi connectivity index (χ0n) is 11.5. The van der Waals surface area contributed by atoms with Crippen molar-refractivity contribution in [2.45, 2.75) is 44.7 Å². The Morgan fingerprint density at radius 1 is 1.26 bits per heavy atom. The van der Waals surface area contributed by atoms with Crippen LogP contribution in [-0.4, -0.2) is 10.6 Å². The highest BCUT2D eigenvalue weighted by molar-refractivity contribution is 5.79. The first-order valence-electron chi connectivity index (χ1n) is 6.97. The fourth-order valence-corrected chi connectivity index (χ4v) is 3.03. The van der Waals surface area contributed by atoms with Crippen molar-refractivity contribution in [3.8, 4) is 0 Å². The summed E-state index contributed by atoms with van der Waals surface area (Å²) in [6.45, 7) is 4.12. The molecule has 0 aliphatic heterocycles. The van der Waals surface area contributed by atoms with Gasteiger partial charge in [-0.2, -0.15) is 0 Å². The Balaban J connectivity index is 2.24. The highest BCUT2D eigenvalue weighted by Crippen LogP contribution is 2.35. The summed E-state index contributed by atoms with van der Waals surface area (Å²) in [5.74, 6) is 0.345. The molecular formula is C16H20N2O. The maximum absolute atomic E-state index is 12.7. The quantitative estimate of drug-likeness (QED) is 0.898. The van der Waals surface area contributed by atoms with Gasteiger partial charge in [0.15, 0.2) is 0 Å². The van der Waals surface area contributed by atoms with Gasteiger partial charge in [0.05, 0.1) is 5.52 Å². The van der Waals surface area contributed by atoms with Crippen molar-refractivity contribution in [1.82, 2.24) is 4.57 Å². The van der Waals surface area contributed by atoms with E-state index in [0.29, 0.717) is 5.92 Å². The van der Waals surface area contributed by atoms with E-state index in [4.69, 9.17) is 5.73 Å². The van der Waals surface area contributed by atoms with Crippen LogP contribution < -0.4 is 11.3 Å². The lowest BCUT2D eigenvalue weighted by Gasteiger charge is -2.33. The number of nitrogens with zero attached hydrogens (tertiary/aromatic N) is 1. The molecule has 0 radical (unpaired) electrons. The molecule has 0 amide bonds. The molecule has 1 aliphatic rings. The summed E-state index contributed by atoms with van der Waals surface area (Å²) in [6.07, 6.45) is 1.87. The number of rotatable bonds is 2. The largest absolute Gasteiger partial charge is 0.328 e. The Morgan fingerprint density at radius 2 is 1.95 bits per heavy atom. The standard InChI is InChI=1S/C16H20N2O/c1-10(2)18-15-6-4-3-5-11(15)9-14(16(18)19)12-7-13(17)8-12/h3-6,9-10,12-13H,7-8,17H2,1-2H3. The smallest absolute Gasteiger partial charge is 0.254 e. The summed E-state index contributed by atoms with van der Waals surface area (Å²) in [7, 11) is 0. The molecule has 19 heavy (non-hydrogen) atoms. The predicted molar refractivity (Wildman–Crippen MR) is 78.5 cm³/mol. The van der Waals surface area contributed by atoms with Crippen molar-refractivity contribution in [1.29, 1.82) is 0 Å². The van der Waals surface area contributed by atoms with Gasteiger partial charge in [0, 0.05) is 17.6 Å². The molecule has 0 atom stereocenters. The topological polar surface area (TPSA) is 48.0 Å². The third-order valence-corrected chi connectivity index (χ3v) is 4.10. The van der Waals surface area contributed by atoms with Gasteiger partial charge in [-0.1, -0.05) is 18.2 Å². The van der Waals surface area contributed by atoms with Crippen LogP contribution in [0.15, 0.2) is 35.1 Å². The minimum atomic E-state index is 0.158. The lowest BCUT2D eigenvalue weighted by molar-refractivity contribution is 0.347. The molecule has 1 heterocycles. The molecule has 1 saturated carbocycles. The fraction of sp³-hybridized carbons (Fsp3) is 0.438. The number of benzene rings is 1. The normalized spacial score (nSPS) is 22.7. The van der Waals surface area contributed by atoms with Crippen molar-refractivity contribution in [3.63, 3.8) is 0 Å². The van der Waals surface area contributed by atoms with Gasteiger partial charge in [0.1, 0.15) is 0 Å². The Kier molecular flexibility index (Phi) is 2.94. The van der Waals surface area contributed by atoms with Crippen LogP contribution in [0.1, 0.15) is 44.2 Å². The number of aromatic nitrogens is 1. The minimum absolute atomic E-state index is 0.158. The van der Waals surface area contributed by atoms with Crippen LogP contribution in [0.2, 0.25) is 0 Å². The van der Waals surface area contributed by atoms with Gasteiger partial charge in [-0.25, -0.2) is 0 Å². The molecule has 1 aromatic carbocycles. The van der Waals surface area contributed by atoms with E-state index >= 15 is 0 Å². The number of para-hydroxylation sites is 1. The molecule has 3 heteroatoms. The second-order valence-electron chi connectivity index (χ2n) is 5.86. The molecule has 1 aliphatic carbocycles. The van der Waals surface area contributed by atoms with Gasteiger partial charge in [-0.3, -0.25) is 4.79 Å². The SMILES string of the molecule is CC(C)n1c(=O)c(C2CC(N)C2)cc2ccccc21. The molecule has 0 bridgehead atoms. The summed E-state index contributed by atoms with van der Waals surface area (Å²) in [5, 5.41) is 1.14. The molecule has 1 aromatic heterocycles. The lowest BCUT2D eigenvalue weighted by atomic mass is 9.76. The van der Waals surface area contributed by atoms with Gasteiger partial charge >= 0.3 is 0 Å². The molecule has 2 aromatic rings. The van der Waals surface area contributed by atoms with Crippen LogP contribution in [0.25, 0.3) is 10.9 Å². The van der Waals surface area contributed by atoms with E-state index in [-0.39, 0.29) is 17.6 Å². The molecule has 3 rings (SSSR count). The number of hydrogen-bond donors (Lipinski definition) is 1. The number of fused-ring (bicyclic) bond motifs is 1. The van der Waals surface area contributed by atoms with Crippen LogP contribution in [0.5, 0.6) is 0 Å². The van der Waals surface area contributed by atoms with Crippen molar-refractivity contribution < 1.29 is 0 Å². The zero-order chi connectivity index (χ0) is 13.6. The average molecular weight is 256 g/mol. The maximum atomic E-state index is 12.7. The second-order valence-corrected chi connectivity index (χ2v) is 5.86. The van der Waals surface area contributed by atoms with E-state index in [1.54, 1.807) is 0 Å². The second kappa shape index (κ2) is 4.49. The molecule has 0 saturated heterocycles. The molecular weight excluding hydrogens is 236 g/mol. The highest BCUT2D eigenvalue weighted by Gasteiger charge is 2.30. The fourth-order valence-electron chi connectivity index (χ4n) is 3.03. The third kappa shape index (κ3) is 1.98. The third-order valence-electron chi connectivity index (χ3n) is 4.10. The summed E-state index contributed by atoms with van der Waals surface area (Å²) in [6, 6.07) is 10.6. The van der Waals surface area contributed by atoms with Gasteiger partial charge in [-0.05, 0) is 50.1 Å². The Bertz CT molecular complexity index is 666. The van der Waals surface area contributed by atoms with Crippen LogP contribution >= 0.6 is 0 Å². The number of nitrogens with two attached hydrogens (primary N) is 1. The highest BCUT2D eigenvalue weighted by atomic mass is 16.1. The summed E-state index contributed by atoms with van der Waals surface area (Å²) >= 11 is 0. The zero-order valence-corrected chi connectivity index (χ0v) is 11.5. The van der Waals surface area contributed by atoms with E-state index < -0.39 is 0 Å². The Labute approximate surface area is 113 Å². The first-order chi connectivity index (χ1) is 9.08. The van der Waals surface area contributed by atoms with Crippen molar-refractivity contribution >= 4 is 10.9 Å². The van der Waals surface area contributed by atoms with E-state index in [0.717, 1.165) is 29.3 Å². The number of hydrogen-bond acceptors (Lipinski definition) is 2. The van der Waals surface area contributed by atoms with Crippen molar-refractivity contribution in [2.24, 2.45) is 5.73 Å². The summed E-state index contributed by atoms with van der Waals surface area (Å²) in [4.78, 5) is 12.7. The van der Waals surface area contributed by atoms with Crippen LogP contribution in [-0.2, 0) is 0 Å². The van der Waals surface area contributed by atoms with Gasteiger partial charge < -0.3 is 10.3 Å². The van der Waals surface area contributed by atoms with Gasteiger partial charge in [0.2, 0.25) is 0 Å². The first-order valence-corrected chi connectivity index (χ1v) is 6.97. The first kappa shape index (κ1) is 12.4. The monoisotopic (exact) mass is 256 g/mol. The van der Waals surface area contributed by atoms with E-state index in [9.17, 15) is 4.79 Å². The molecule has 100 valence electrons. The summed E-state index contributed by atoms with van der Waals surface area (Å²) in [5.41, 5.74) is 7.98. The van der Waals surface area contributed by atoms with E-state index in [2.05, 4.69) is 26.0 Å². The Hall–Kier alpha value is -1.61. The van der Waals surface area contributed by atoms with E-state index in [1.807, 2.05) is 22.8 Å². The molecule has 0 spiro atoms. The Morgan fingerprint density at radius 3 is 2.58 bits per heavy atom. The minimum Gasteiger partial charge on any atom is -0.328 e. The molecule has 3 nitrogen and oxygen atoms in total. The molecule has 2 N–H and O–H groups in total. The maximum Gasteiger partial charge on any atom is 0.254 e. The van der Waals surface area contributed by atoms with Crippen LogP contribution in [0, 0.1) is 0 Å². The van der Waals surface area contributed by atoms with E-state index in [1.165, 1.54) is 0 Å². The number of pyridine rings is 1.